The van der Waals surface area contributed by atoms with Crippen LogP contribution in [0.1, 0.15) is 67.3 Å². The Morgan fingerprint density at radius 2 is 1.88 bits per heavy atom. The summed E-state index contributed by atoms with van der Waals surface area (Å²) < 4.78 is 5.00. The fraction of sp³-hybridized carbons (Fsp3) is 0.700. The first-order valence-electron chi connectivity index (χ1n) is 9.69. The highest BCUT2D eigenvalue weighted by atomic mass is 32.1. The Labute approximate surface area is 160 Å². The lowest BCUT2D eigenvalue weighted by Gasteiger charge is -2.38. The Morgan fingerprint density at radius 1 is 1.19 bits per heavy atom. The smallest absolute Gasteiger partial charge is 0.341 e. The first kappa shape index (κ1) is 19.4. The number of thiophene rings is 1. The maximum absolute atomic E-state index is 12.7. The number of anilines is 1. The number of methoxy groups -OCH3 is 1. The minimum absolute atomic E-state index is 0.0394. The zero-order chi connectivity index (χ0) is 18.8. The van der Waals surface area contributed by atoms with E-state index < -0.39 is 0 Å². The summed E-state index contributed by atoms with van der Waals surface area (Å²) in [7, 11) is 1.40. The zero-order valence-corrected chi connectivity index (χ0v) is 17.1. The summed E-state index contributed by atoms with van der Waals surface area (Å²) in [5.41, 5.74) is 1.66. The summed E-state index contributed by atoms with van der Waals surface area (Å²) in [6.07, 6.45) is 6.42. The predicted molar refractivity (Wildman–Crippen MR) is 105 cm³/mol. The van der Waals surface area contributed by atoms with Crippen molar-refractivity contribution in [3.05, 3.63) is 16.0 Å². The Bertz CT molecular complexity index is 675. The number of nitrogens with zero attached hydrogens (tertiary/aromatic N) is 1. The highest BCUT2D eigenvalue weighted by molar-refractivity contribution is 7.17. The number of hydrogen-bond donors (Lipinski definition) is 1. The van der Waals surface area contributed by atoms with Gasteiger partial charge in [-0.15, -0.1) is 11.3 Å². The summed E-state index contributed by atoms with van der Waals surface area (Å²) in [4.78, 5) is 28.6. The number of nitrogens with one attached hydrogen (secondary N) is 1. The van der Waals surface area contributed by atoms with E-state index in [2.05, 4.69) is 31.0 Å². The van der Waals surface area contributed by atoms with Gasteiger partial charge in [0, 0.05) is 17.0 Å². The fourth-order valence-corrected chi connectivity index (χ4v) is 5.69. The molecule has 1 N–H and O–H groups in total. The number of fused-ring (bicyclic) bond motifs is 1. The molecule has 3 atom stereocenters. The van der Waals surface area contributed by atoms with Crippen molar-refractivity contribution in [1.29, 1.82) is 0 Å². The zero-order valence-electron chi connectivity index (χ0n) is 16.3. The van der Waals surface area contributed by atoms with Crippen LogP contribution in [0.3, 0.4) is 0 Å². The molecule has 2 aliphatic rings. The van der Waals surface area contributed by atoms with E-state index in [1.807, 2.05) is 0 Å². The largest absolute Gasteiger partial charge is 0.465 e. The van der Waals surface area contributed by atoms with Gasteiger partial charge in [0.2, 0.25) is 5.91 Å². The van der Waals surface area contributed by atoms with E-state index in [1.165, 1.54) is 18.4 Å². The van der Waals surface area contributed by atoms with Gasteiger partial charge in [-0.2, -0.15) is 0 Å². The van der Waals surface area contributed by atoms with Gasteiger partial charge in [-0.25, -0.2) is 4.79 Å². The molecule has 1 saturated heterocycles. The van der Waals surface area contributed by atoms with Gasteiger partial charge in [0.05, 0.1) is 19.2 Å². The molecule has 1 amide bonds. The maximum Gasteiger partial charge on any atom is 0.341 e. The number of likely N-dealkylation sites (tertiary alicyclic amines) is 1. The molecular weight excluding hydrogens is 348 g/mol. The molecule has 5 nitrogen and oxygen atoms in total. The Balaban J connectivity index is 1.78. The maximum atomic E-state index is 12.7. The number of esters is 1. The average Bonchev–Trinajstić information content (AvgIpc) is 2.94. The van der Waals surface area contributed by atoms with Crippen molar-refractivity contribution in [2.24, 2.45) is 5.92 Å². The van der Waals surface area contributed by atoms with Crippen molar-refractivity contribution >= 4 is 28.2 Å². The van der Waals surface area contributed by atoms with E-state index in [9.17, 15) is 9.59 Å². The first-order chi connectivity index (χ1) is 12.4. The Morgan fingerprint density at radius 3 is 2.54 bits per heavy atom. The van der Waals surface area contributed by atoms with E-state index in [4.69, 9.17) is 4.74 Å². The molecule has 3 rings (SSSR count). The van der Waals surface area contributed by atoms with Crippen molar-refractivity contribution in [3.8, 4) is 0 Å². The third-order valence-corrected chi connectivity index (χ3v) is 7.03. The lowest BCUT2D eigenvalue weighted by Crippen LogP contribution is -2.47. The SMILES string of the molecule is COC(=O)c1c(NC(=O)CN2C(C)CCCC2C)sc2c1CCC(C)C2. The molecule has 0 aromatic carbocycles. The molecule has 6 heteroatoms. The van der Waals surface area contributed by atoms with Crippen molar-refractivity contribution in [2.45, 2.75) is 71.4 Å². The number of hydrogen-bond acceptors (Lipinski definition) is 5. The lowest BCUT2D eigenvalue weighted by atomic mass is 9.88. The molecule has 1 aliphatic heterocycles. The van der Waals surface area contributed by atoms with Crippen LogP contribution >= 0.6 is 11.3 Å². The predicted octanol–water partition coefficient (Wildman–Crippen LogP) is 3.86. The normalized spacial score (nSPS) is 26.2. The van der Waals surface area contributed by atoms with Crippen molar-refractivity contribution in [1.82, 2.24) is 4.90 Å². The molecular formula is C20H30N2O3S. The van der Waals surface area contributed by atoms with Gasteiger partial charge < -0.3 is 10.1 Å². The molecule has 0 saturated carbocycles. The van der Waals surface area contributed by atoms with Crippen LogP contribution in [0.5, 0.6) is 0 Å². The molecule has 0 radical (unpaired) electrons. The number of carbonyl (C=O) groups excluding carboxylic acids is 2. The Kier molecular flexibility index (Phi) is 6.03. The van der Waals surface area contributed by atoms with Crippen LogP contribution in [-0.2, 0) is 22.4 Å². The summed E-state index contributed by atoms with van der Waals surface area (Å²) in [6.45, 7) is 6.99. The molecule has 1 aromatic rings. The van der Waals surface area contributed by atoms with E-state index in [1.54, 1.807) is 11.3 Å². The van der Waals surface area contributed by atoms with Crippen LogP contribution in [0, 0.1) is 5.92 Å². The molecule has 2 heterocycles. The number of rotatable bonds is 4. The van der Waals surface area contributed by atoms with Gasteiger partial charge in [-0.1, -0.05) is 13.3 Å². The van der Waals surface area contributed by atoms with E-state index in [0.29, 0.717) is 35.1 Å². The molecule has 144 valence electrons. The molecule has 3 unspecified atom stereocenters. The number of ether oxygens (including phenoxy) is 1. The monoisotopic (exact) mass is 378 g/mol. The van der Waals surface area contributed by atoms with Gasteiger partial charge in [0.15, 0.2) is 0 Å². The number of piperidine rings is 1. The second-order valence-corrected chi connectivity index (χ2v) is 9.00. The molecule has 1 fully saturated rings. The quantitative estimate of drug-likeness (QED) is 0.808. The van der Waals surface area contributed by atoms with Crippen molar-refractivity contribution in [3.63, 3.8) is 0 Å². The highest BCUT2D eigenvalue weighted by Crippen LogP contribution is 2.40. The molecule has 0 spiro atoms. The topological polar surface area (TPSA) is 58.6 Å². The minimum atomic E-state index is -0.341. The second-order valence-electron chi connectivity index (χ2n) is 7.90. The second kappa shape index (κ2) is 8.09. The Hall–Kier alpha value is -1.40. The summed E-state index contributed by atoms with van der Waals surface area (Å²) in [5, 5.41) is 3.69. The van der Waals surface area contributed by atoms with Crippen LogP contribution in [-0.4, -0.2) is 42.5 Å². The van der Waals surface area contributed by atoms with Crippen LogP contribution in [0.15, 0.2) is 0 Å². The highest BCUT2D eigenvalue weighted by Gasteiger charge is 2.30. The number of carbonyl (C=O) groups is 2. The lowest BCUT2D eigenvalue weighted by molar-refractivity contribution is -0.118. The minimum Gasteiger partial charge on any atom is -0.465 e. The van der Waals surface area contributed by atoms with Crippen molar-refractivity contribution < 1.29 is 14.3 Å². The van der Waals surface area contributed by atoms with E-state index >= 15 is 0 Å². The van der Waals surface area contributed by atoms with Crippen LogP contribution in [0.4, 0.5) is 5.00 Å². The average molecular weight is 379 g/mol. The van der Waals surface area contributed by atoms with Gasteiger partial charge in [0.1, 0.15) is 5.00 Å². The van der Waals surface area contributed by atoms with E-state index in [-0.39, 0.29) is 11.9 Å². The van der Waals surface area contributed by atoms with Gasteiger partial charge in [-0.3, -0.25) is 9.69 Å². The van der Waals surface area contributed by atoms with Crippen molar-refractivity contribution in [2.75, 3.05) is 19.0 Å². The number of amides is 1. The summed E-state index contributed by atoms with van der Waals surface area (Å²) in [6, 6.07) is 0.837. The molecule has 0 bridgehead atoms. The van der Waals surface area contributed by atoms with Crippen LogP contribution in [0.2, 0.25) is 0 Å². The first-order valence-corrected chi connectivity index (χ1v) is 10.5. The summed E-state index contributed by atoms with van der Waals surface area (Å²) in [5.74, 6) is 0.236. The van der Waals surface area contributed by atoms with E-state index in [0.717, 1.165) is 37.7 Å². The van der Waals surface area contributed by atoms with Gasteiger partial charge in [0.25, 0.3) is 0 Å². The molecule has 26 heavy (non-hydrogen) atoms. The summed E-state index contributed by atoms with van der Waals surface area (Å²) >= 11 is 1.55. The van der Waals surface area contributed by atoms with Crippen LogP contribution in [0.25, 0.3) is 0 Å². The molecule has 1 aromatic heterocycles. The fourth-order valence-electron chi connectivity index (χ4n) is 4.28. The van der Waals surface area contributed by atoms with Crippen LogP contribution < -0.4 is 5.32 Å². The third kappa shape index (κ3) is 3.96. The van der Waals surface area contributed by atoms with Gasteiger partial charge in [-0.05, 0) is 57.4 Å². The standard InChI is InChI=1S/C20H30N2O3S/c1-12-8-9-15-16(10-12)26-19(18(15)20(24)25-4)21-17(23)11-22-13(2)6-5-7-14(22)3/h12-14H,5-11H2,1-4H3,(H,21,23). The molecule has 1 aliphatic carbocycles. The third-order valence-electron chi connectivity index (χ3n) is 5.86. The van der Waals surface area contributed by atoms with Gasteiger partial charge >= 0.3 is 5.97 Å².